The van der Waals surface area contributed by atoms with Crippen LogP contribution in [0.4, 0.5) is 0 Å². The molecule has 5 nitrogen and oxygen atoms in total. The van der Waals surface area contributed by atoms with E-state index in [9.17, 15) is 0 Å². The van der Waals surface area contributed by atoms with Crippen LogP contribution in [0.5, 0.6) is 5.75 Å². The summed E-state index contributed by atoms with van der Waals surface area (Å²) in [6.45, 7) is 2.96. The van der Waals surface area contributed by atoms with Gasteiger partial charge in [0.2, 0.25) is 0 Å². The van der Waals surface area contributed by atoms with Crippen LogP contribution in [0.3, 0.4) is 0 Å². The number of oxime groups is 1. The average molecular weight is 296 g/mol. The van der Waals surface area contributed by atoms with Gasteiger partial charge in [-0.1, -0.05) is 11.2 Å². The molecule has 2 rings (SSSR count). The molecule has 3 N–H and O–H groups in total. The Bertz CT molecular complexity index is 493. The zero-order valence-electron chi connectivity index (χ0n) is 11.7. The number of benzene rings is 1. The van der Waals surface area contributed by atoms with Gasteiger partial charge in [0.15, 0.2) is 5.84 Å². The molecule has 0 spiro atoms. The van der Waals surface area contributed by atoms with E-state index in [4.69, 9.17) is 20.4 Å². The average Bonchev–Trinajstić information content (AvgIpc) is 2.89. The van der Waals surface area contributed by atoms with E-state index in [1.54, 1.807) is 7.11 Å². The second-order valence-corrected chi connectivity index (χ2v) is 5.96. The number of nitrogens with two attached hydrogens (primary N) is 1. The second kappa shape index (κ2) is 6.85. The molecule has 1 fully saturated rings. The van der Waals surface area contributed by atoms with Gasteiger partial charge in [0, 0.05) is 17.6 Å². The van der Waals surface area contributed by atoms with Crippen molar-refractivity contribution in [3.63, 3.8) is 0 Å². The van der Waals surface area contributed by atoms with Crippen molar-refractivity contribution in [2.75, 3.05) is 13.7 Å². The van der Waals surface area contributed by atoms with Gasteiger partial charge in [-0.3, -0.25) is 0 Å². The highest BCUT2D eigenvalue weighted by molar-refractivity contribution is 7.99. The standard InChI is InChI=1S/C14H20N2O3S/c1-9-13(5-6-19-9)20-8-10-3-4-12(18-2)11(7-10)14(15)16-17/h3-4,7,9,13,17H,5-6,8H2,1-2H3,(H2,15,16). The quantitative estimate of drug-likeness (QED) is 0.377. The van der Waals surface area contributed by atoms with Crippen LogP contribution in [-0.2, 0) is 10.5 Å². The molecular formula is C14H20N2O3S. The minimum absolute atomic E-state index is 0.0614. The third-order valence-electron chi connectivity index (χ3n) is 3.42. The topological polar surface area (TPSA) is 77.1 Å². The maximum absolute atomic E-state index is 8.82. The van der Waals surface area contributed by atoms with E-state index in [2.05, 4.69) is 12.1 Å². The van der Waals surface area contributed by atoms with Crippen LogP contribution in [0.2, 0.25) is 0 Å². The lowest BCUT2D eigenvalue weighted by molar-refractivity contribution is 0.127. The molecule has 2 atom stereocenters. The van der Waals surface area contributed by atoms with Gasteiger partial charge in [0.25, 0.3) is 0 Å². The van der Waals surface area contributed by atoms with Crippen LogP contribution in [0.1, 0.15) is 24.5 Å². The fourth-order valence-electron chi connectivity index (χ4n) is 2.23. The summed E-state index contributed by atoms with van der Waals surface area (Å²) in [5.41, 5.74) is 7.41. The summed E-state index contributed by atoms with van der Waals surface area (Å²) in [6.07, 6.45) is 1.40. The molecule has 0 saturated carbocycles. The molecule has 1 aromatic carbocycles. The smallest absolute Gasteiger partial charge is 0.173 e. The molecular weight excluding hydrogens is 276 g/mol. The fourth-order valence-corrected chi connectivity index (χ4v) is 3.43. The first-order chi connectivity index (χ1) is 9.65. The highest BCUT2D eigenvalue weighted by atomic mass is 32.2. The number of ether oxygens (including phenoxy) is 2. The van der Waals surface area contributed by atoms with Crippen molar-refractivity contribution in [1.82, 2.24) is 0 Å². The SMILES string of the molecule is COc1ccc(CSC2CCOC2C)cc1/C(N)=N/O. The van der Waals surface area contributed by atoms with Gasteiger partial charge in [-0.25, -0.2) is 0 Å². The predicted molar refractivity (Wildman–Crippen MR) is 80.6 cm³/mol. The Balaban J connectivity index is 2.08. The van der Waals surface area contributed by atoms with Gasteiger partial charge in [-0.05, 0) is 31.0 Å². The Morgan fingerprint density at radius 3 is 3.00 bits per heavy atom. The lowest BCUT2D eigenvalue weighted by atomic mass is 10.1. The van der Waals surface area contributed by atoms with E-state index in [1.807, 2.05) is 30.0 Å². The third kappa shape index (κ3) is 3.37. The van der Waals surface area contributed by atoms with Crippen LogP contribution in [0, 0.1) is 0 Å². The van der Waals surface area contributed by atoms with E-state index < -0.39 is 0 Å². The zero-order valence-corrected chi connectivity index (χ0v) is 12.5. The van der Waals surface area contributed by atoms with Crippen molar-refractivity contribution in [1.29, 1.82) is 0 Å². The Kier molecular flexibility index (Phi) is 5.14. The van der Waals surface area contributed by atoms with Crippen LogP contribution >= 0.6 is 11.8 Å². The summed E-state index contributed by atoms with van der Waals surface area (Å²) >= 11 is 1.88. The molecule has 2 unspecified atom stereocenters. The second-order valence-electron chi connectivity index (χ2n) is 4.73. The molecule has 0 amide bonds. The van der Waals surface area contributed by atoms with Gasteiger partial charge in [-0.2, -0.15) is 11.8 Å². The van der Waals surface area contributed by atoms with Crippen LogP contribution in [0.15, 0.2) is 23.4 Å². The van der Waals surface area contributed by atoms with E-state index in [1.165, 1.54) is 0 Å². The zero-order chi connectivity index (χ0) is 14.5. The fraction of sp³-hybridized carbons (Fsp3) is 0.500. The van der Waals surface area contributed by atoms with Crippen molar-refractivity contribution in [3.05, 3.63) is 29.3 Å². The normalized spacial score (nSPS) is 23.0. The maximum Gasteiger partial charge on any atom is 0.173 e. The van der Waals surface area contributed by atoms with Crippen LogP contribution < -0.4 is 10.5 Å². The molecule has 1 saturated heterocycles. The van der Waals surface area contributed by atoms with Crippen LogP contribution in [0.25, 0.3) is 0 Å². The molecule has 1 aliphatic rings. The predicted octanol–water partition coefficient (Wildman–Crippen LogP) is 2.20. The first kappa shape index (κ1) is 15.0. The van der Waals surface area contributed by atoms with Crippen molar-refractivity contribution < 1.29 is 14.7 Å². The number of amidine groups is 1. The van der Waals surface area contributed by atoms with E-state index in [0.717, 1.165) is 24.3 Å². The summed E-state index contributed by atoms with van der Waals surface area (Å²) in [6, 6.07) is 5.75. The van der Waals surface area contributed by atoms with Gasteiger partial charge < -0.3 is 20.4 Å². The Morgan fingerprint density at radius 1 is 1.60 bits per heavy atom. The molecule has 0 bridgehead atoms. The number of hydrogen-bond donors (Lipinski definition) is 2. The van der Waals surface area contributed by atoms with Crippen molar-refractivity contribution in [2.24, 2.45) is 10.9 Å². The summed E-state index contributed by atoms with van der Waals surface area (Å²) in [5, 5.41) is 12.4. The Morgan fingerprint density at radius 2 is 2.40 bits per heavy atom. The highest BCUT2D eigenvalue weighted by Gasteiger charge is 2.24. The number of thioether (sulfide) groups is 1. The molecule has 20 heavy (non-hydrogen) atoms. The molecule has 0 radical (unpaired) electrons. The van der Waals surface area contributed by atoms with Gasteiger partial charge in [0.05, 0.1) is 18.8 Å². The van der Waals surface area contributed by atoms with Crippen LogP contribution in [-0.4, -0.2) is 36.1 Å². The largest absolute Gasteiger partial charge is 0.496 e. The number of hydrogen-bond acceptors (Lipinski definition) is 5. The highest BCUT2D eigenvalue weighted by Crippen LogP contribution is 2.30. The van der Waals surface area contributed by atoms with E-state index in [-0.39, 0.29) is 5.84 Å². The van der Waals surface area contributed by atoms with Crippen molar-refractivity contribution in [2.45, 2.75) is 30.5 Å². The third-order valence-corrected chi connectivity index (χ3v) is 4.97. The summed E-state index contributed by atoms with van der Waals surface area (Å²) in [5.74, 6) is 1.53. The first-order valence-corrected chi connectivity index (χ1v) is 7.58. The molecule has 110 valence electrons. The summed E-state index contributed by atoms with van der Waals surface area (Å²) < 4.78 is 10.8. The van der Waals surface area contributed by atoms with Crippen molar-refractivity contribution in [3.8, 4) is 5.75 Å². The monoisotopic (exact) mass is 296 g/mol. The maximum atomic E-state index is 8.82. The summed E-state index contributed by atoms with van der Waals surface area (Å²) in [4.78, 5) is 0. The van der Waals surface area contributed by atoms with E-state index >= 15 is 0 Å². The van der Waals surface area contributed by atoms with Gasteiger partial charge in [0.1, 0.15) is 5.75 Å². The molecule has 0 aromatic heterocycles. The van der Waals surface area contributed by atoms with Crippen molar-refractivity contribution >= 4 is 17.6 Å². The Hall–Kier alpha value is -1.40. The van der Waals surface area contributed by atoms with E-state index in [0.29, 0.717) is 22.7 Å². The first-order valence-electron chi connectivity index (χ1n) is 6.53. The molecule has 1 aromatic rings. The molecule has 1 aliphatic heterocycles. The lowest BCUT2D eigenvalue weighted by Gasteiger charge is -2.14. The number of nitrogens with zero attached hydrogens (tertiary/aromatic N) is 1. The Labute approximate surface area is 123 Å². The minimum atomic E-state index is 0.0614. The molecule has 1 heterocycles. The van der Waals surface area contributed by atoms with Gasteiger partial charge >= 0.3 is 0 Å². The number of methoxy groups -OCH3 is 1. The molecule has 0 aliphatic carbocycles. The van der Waals surface area contributed by atoms with Gasteiger partial charge in [-0.15, -0.1) is 0 Å². The lowest BCUT2D eigenvalue weighted by Crippen LogP contribution is -2.15. The minimum Gasteiger partial charge on any atom is -0.496 e. The summed E-state index contributed by atoms with van der Waals surface area (Å²) in [7, 11) is 1.56. The molecule has 6 heteroatoms. The number of rotatable bonds is 5.